The summed E-state index contributed by atoms with van der Waals surface area (Å²) >= 11 is 0. The third-order valence-electron chi connectivity index (χ3n) is 2.48. The lowest BCUT2D eigenvalue weighted by molar-refractivity contribution is 0.0734. The fourth-order valence-electron chi connectivity index (χ4n) is 1.55. The highest BCUT2D eigenvalue weighted by atomic mass is 16.5. The Morgan fingerprint density at radius 2 is 1.84 bits per heavy atom. The Hall–Kier alpha value is -2.80. The average molecular weight is 253 g/mol. The fraction of sp³-hybridized carbons (Fsp3) is 0.0667. The van der Waals surface area contributed by atoms with Crippen molar-refractivity contribution < 1.29 is 14.3 Å². The van der Waals surface area contributed by atoms with Crippen LogP contribution in [0.2, 0.25) is 0 Å². The minimum Gasteiger partial charge on any atom is -0.497 e. The lowest BCUT2D eigenvalue weighted by Gasteiger charge is -2.05. The van der Waals surface area contributed by atoms with Gasteiger partial charge in [-0.2, -0.15) is 5.26 Å². The fourth-order valence-corrected chi connectivity index (χ4v) is 1.55. The van der Waals surface area contributed by atoms with Crippen LogP contribution >= 0.6 is 0 Å². The summed E-state index contributed by atoms with van der Waals surface area (Å²) in [5, 5.41) is 8.77. The molecule has 0 saturated carbocycles. The van der Waals surface area contributed by atoms with Gasteiger partial charge in [0, 0.05) is 0 Å². The molecule has 0 N–H and O–H groups in total. The van der Waals surface area contributed by atoms with Gasteiger partial charge in [-0.15, -0.1) is 0 Å². The second-order valence-corrected chi connectivity index (χ2v) is 3.76. The molecule has 0 bridgehead atoms. The van der Waals surface area contributed by atoms with Crippen LogP contribution < -0.4 is 9.47 Å². The van der Waals surface area contributed by atoms with Gasteiger partial charge in [0.15, 0.2) is 0 Å². The smallest absolute Gasteiger partial charge is 0.343 e. The second kappa shape index (κ2) is 5.69. The number of nitrogens with zero attached hydrogens (tertiary/aromatic N) is 1. The lowest BCUT2D eigenvalue weighted by atomic mass is 10.2. The molecule has 2 rings (SSSR count). The highest BCUT2D eigenvalue weighted by molar-refractivity contribution is 5.91. The first-order valence-electron chi connectivity index (χ1n) is 5.59. The Kier molecular flexibility index (Phi) is 3.79. The van der Waals surface area contributed by atoms with E-state index in [1.54, 1.807) is 42.5 Å². The first-order valence-corrected chi connectivity index (χ1v) is 5.59. The number of benzene rings is 2. The summed E-state index contributed by atoms with van der Waals surface area (Å²) in [6.45, 7) is 0. The summed E-state index contributed by atoms with van der Waals surface area (Å²) in [6.07, 6.45) is 0. The predicted octanol–water partition coefficient (Wildman–Crippen LogP) is 2.79. The van der Waals surface area contributed by atoms with E-state index in [4.69, 9.17) is 14.7 Å². The molecule has 0 aliphatic carbocycles. The van der Waals surface area contributed by atoms with Gasteiger partial charge in [-0.05, 0) is 36.4 Å². The van der Waals surface area contributed by atoms with Gasteiger partial charge in [0.2, 0.25) is 0 Å². The molecule has 0 amide bonds. The van der Waals surface area contributed by atoms with Crippen molar-refractivity contribution in [1.82, 2.24) is 0 Å². The first-order chi connectivity index (χ1) is 9.22. The minimum atomic E-state index is -0.492. The van der Waals surface area contributed by atoms with E-state index in [2.05, 4.69) is 0 Å². The van der Waals surface area contributed by atoms with Gasteiger partial charge in [-0.25, -0.2) is 4.79 Å². The molecule has 0 spiro atoms. The van der Waals surface area contributed by atoms with Gasteiger partial charge in [0.1, 0.15) is 11.5 Å². The van der Waals surface area contributed by atoms with E-state index in [1.807, 2.05) is 6.07 Å². The van der Waals surface area contributed by atoms with Crippen LogP contribution in [0.1, 0.15) is 15.9 Å². The van der Waals surface area contributed by atoms with E-state index in [1.165, 1.54) is 13.2 Å². The normalized spacial score (nSPS) is 9.47. The van der Waals surface area contributed by atoms with E-state index in [9.17, 15) is 4.79 Å². The van der Waals surface area contributed by atoms with Crippen LogP contribution in [0.3, 0.4) is 0 Å². The molecule has 0 fully saturated rings. The van der Waals surface area contributed by atoms with Crippen LogP contribution in [-0.4, -0.2) is 13.1 Å². The van der Waals surface area contributed by atoms with Crippen molar-refractivity contribution in [3.05, 3.63) is 59.7 Å². The average Bonchev–Trinajstić information content (AvgIpc) is 2.47. The van der Waals surface area contributed by atoms with Crippen molar-refractivity contribution in [3.8, 4) is 17.6 Å². The van der Waals surface area contributed by atoms with Gasteiger partial charge >= 0.3 is 5.97 Å². The van der Waals surface area contributed by atoms with Gasteiger partial charge in [-0.3, -0.25) is 0 Å². The Labute approximate surface area is 110 Å². The molecule has 2 aromatic carbocycles. The Bertz CT molecular complexity index is 644. The molecule has 0 saturated heterocycles. The maximum absolute atomic E-state index is 11.9. The first kappa shape index (κ1) is 12.7. The molecule has 4 nitrogen and oxygen atoms in total. The number of ether oxygens (including phenoxy) is 2. The van der Waals surface area contributed by atoms with Crippen LogP contribution in [0, 0.1) is 11.3 Å². The number of nitriles is 1. The zero-order chi connectivity index (χ0) is 13.7. The third-order valence-corrected chi connectivity index (χ3v) is 2.48. The molecule has 4 heteroatoms. The third kappa shape index (κ3) is 3.11. The predicted molar refractivity (Wildman–Crippen MR) is 69.1 cm³/mol. The maximum atomic E-state index is 11.9. The van der Waals surface area contributed by atoms with Crippen molar-refractivity contribution in [2.45, 2.75) is 0 Å². The van der Waals surface area contributed by atoms with E-state index in [-0.39, 0.29) is 0 Å². The molecule has 0 unspecified atom stereocenters. The summed E-state index contributed by atoms with van der Waals surface area (Å²) in [6, 6.07) is 15.1. The molecular formula is C15H11NO3. The number of hydrogen-bond donors (Lipinski definition) is 0. The van der Waals surface area contributed by atoms with Crippen LogP contribution in [-0.2, 0) is 0 Å². The number of rotatable bonds is 3. The second-order valence-electron chi connectivity index (χ2n) is 3.76. The van der Waals surface area contributed by atoms with E-state index in [0.29, 0.717) is 22.6 Å². The molecule has 0 aliphatic rings. The summed E-state index contributed by atoms with van der Waals surface area (Å²) in [5.41, 5.74) is 0.831. The minimum absolute atomic E-state index is 0.340. The van der Waals surface area contributed by atoms with Crippen molar-refractivity contribution in [1.29, 1.82) is 5.26 Å². The number of esters is 1. The topological polar surface area (TPSA) is 59.3 Å². The van der Waals surface area contributed by atoms with Crippen molar-refractivity contribution in [2.24, 2.45) is 0 Å². The molecule has 0 radical (unpaired) electrons. The van der Waals surface area contributed by atoms with Gasteiger partial charge < -0.3 is 9.47 Å². The lowest BCUT2D eigenvalue weighted by Crippen LogP contribution is -2.08. The molecule has 0 aromatic heterocycles. The quantitative estimate of drug-likeness (QED) is 0.623. The number of carbonyl (C=O) groups excluding carboxylic acids is 1. The molecule has 0 aliphatic heterocycles. The summed E-state index contributed by atoms with van der Waals surface area (Å²) in [7, 11) is 1.53. The van der Waals surface area contributed by atoms with Crippen molar-refractivity contribution in [2.75, 3.05) is 7.11 Å². The molecule has 2 aromatic rings. The molecule has 19 heavy (non-hydrogen) atoms. The maximum Gasteiger partial charge on any atom is 0.343 e. The van der Waals surface area contributed by atoms with Crippen LogP contribution in [0.4, 0.5) is 0 Å². The van der Waals surface area contributed by atoms with E-state index < -0.39 is 5.97 Å². The number of carbonyl (C=O) groups is 1. The zero-order valence-electron chi connectivity index (χ0n) is 10.3. The Morgan fingerprint density at radius 3 is 2.58 bits per heavy atom. The monoisotopic (exact) mass is 253 g/mol. The van der Waals surface area contributed by atoms with E-state index in [0.717, 1.165) is 0 Å². The standard InChI is InChI=1S/C15H11NO3/c1-18-13-6-3-5-12(9-13)15(17)19-14-7-2-4-11(8-14)10-16/h2-9H,1H3. The van der Waals surface area contributed by atoms with Gasteiger partial charge in [-0.1, -0.05) is 12.1 Å². The molecule has 94 valence electrons. The summed E-state index contributed by atoms with van der Waals surface area (Å²) in [5.74, 6) is 0.432. The van der Waals surface area contributed by atoms with Crippen molar-refractivity contribution >= 4 is 5.97 Å². The highest BCUT2D eigenvalue weighted by Crippen LogP contribution is 2.17. The van der Waals surface area contributed by atoms with E-state index >= 15 is 0 Å². The SMILES string of the molecule is COc1cccc(C(=O)Oc2cccc(C#N)c2)c1. The van der Waals surface area contributed by atoms with Crippen LogP contribution in [0.15, 0.2) is 48.5 Å². The molecule has 0 atom stereocenters. The van der Waals surface area contributed by atoms with Gasteiger partial charge in [0.05, 0.1) is 24.3 Å². The molecular weight excluding hydrogens is 242 g/mol. The highest BCUT2D eigenvalue weighted by Gasteiger charge is 2.09. The molecule has 0 heterocycles. The van der Waals surface area contributed by atoms with Crippen LogP contribution in [0.25, 0.3) is 0 Å². The summed E-state index contributed by atoms with van der Waals surface area (Å²) < 4.78 is 10.2. The summed E-state index contributed by atoms with van der Waals surface area (Å²) in [4.78, 5) is 11.9. The largest absolute Gasteiger partial charge is 0.497 e. The van der Waals surface area contributed by atoms with Crippen molar-refractivity contribution in [3.63, 3.8) is 0 Å². The number of hydrogen-bond acceptors (Lipinski definition) is 4. The Balaban J connectivity index is 2.18. The van der Waals surface area contributed by atoms with Gasteiger partial charge in [0.25, 0.3) is 0 Å². The Morgan fingerprint density at radius 1 is 1.11 bits per heavy atom. The number of methoxy groups -OCH3 is 1. The van der Waals surface area contributed by atoms with Crippen LogP contribution in [0.5, 0.6) is 11.5 Å². The zero-order valence-corrected chi connectivity index (χ0v) is 10.3.